The van der Waals surface area contributed by atoms with Gasteiger partial charge in [-0.3, -0.25) is 0 Å². The molecule has 0 heterocycles. The highest BCUT2D eigenvalue weighted by atomic mass is 32.2. The van der Waals surface area contributed by atoms with Gasteiger partial charge in [0, 0.05) is 11.0 Å². The van der Waals surface area contributed by atoms with Gasteiger partial charge in [-0.15, -0.1) is 0 Å². The molecule has 0 aromatic heterocycles. The molecule has 0 amide bonds. The molecule has 0 saturated heterocycles. The van der Waals surface area contributed by atoms with Crippen LogP contribution in [0.2, 0.25) is 0 Å². The Kier molecular flexibility index (Phi) is 6.32. The average Bonchev–Trinajstić information content (AvgIpc) is 2.44. The second-order valence-electron chi connectivity index (χ2n) is 7.11. The van der Waals surface area contributed by atoms with E-state index in [0.717, 1.165) is 12.1 Å². The summed E-state index contributed by atoms with van der Waals surface area (Å²) in [6.45, 7) is 7.68. The first-order valence-electron chi connectivity index (χ1n) is 7.51. The fourth-order valence-electron chi connectivity index (χ4n) is 2.04. The van der Waals surface area contributed by atoms with E-state index >= 15 is 0 Å². The largest absolute Gasteiger partial charge is 0.496 e. The molecule has 0 bridgehead atoms. The Labute approximate surface area is 148 Å². The maximum Gasteiger partial charge on any atom is 0.431 e. The molecule has 0 spiro atoms. The predicted molar refractivity (Wildman–Crippen MR) is 91.1 cm³/mol. The molecule has 142 valence electrons. The lowest BCUT2D eigenvalue weighted by Crippen LogP contribution is -2.38. The predicted octanol–water partition coefficient (Wildman–Crippen LogP) is 4.61. The molecular weight excluding hydrogens is 358 g/mol. The second-order valence-corrected chi connectivity index (χ2v) is 9.07. The van der Waals surface area contributed by atoms with Gasteiger partial charge in [-0.2, -0.15) is 13.2 Å². The zero-order chi connectivity index (χ0) is 19.6. The van der Waals surface area contributed by atoms with E-state index < -0.39 is 38.8 Å². The van der Waals surface area contributed by atoms with Crippen LogP contribution in [0.4, 0.5) is 17.6 Å². The van der Waals surface area contributed by atoms with E-state index in [4.69, 9.17) is 4.74 Å². The van der Waals surface area contributed by atoms with Crippen molar-refractivity contribution >= 4 is 11.0 Å². The van der Waals surface area contributed by atoms with Gasteiger partial charge in [-0.05, 0) is 45.0 Å². The number of nitrogens with one attached hydrogen (secondary N) is 1. The van der Waals surface area contributed by atoms with Crippen LogP contribution in [-0.2, 0) is 16.4 Å². The highest BCUT2D eigenvalue weighted by molar-refractivity contribution is 7.84. The van der Waals surface area contributed by atoms with Gasteiger partial charge in [0.1, 0.15) is 28.2 Å². The van der Waals surface area contributed by atoms with Crippen LogP contribution in [0.1, 0.15) is 40.2 Å². The third-order valence-electron chi connectivity index (χ3n) is 3.43. The number of ether oxygens (including phenoxy) is 1. The van der Waals surface area contributed by atoms with E-state index in [1.54, 1.807) is 20.8 Å². The van der Waals surface area contributed by atoms with Crippen molar-refractivity contribution in [2.75, 3.05) is 7.11 Å². The van der Waals surface area contributed by atoms with Crippen LogP contribution < -0.4 is 9.46 Å². The molecule has 1 aromatic rings. The first-order chi connectivity index (χ1) is 11.2. The van der Waals surface area contributed by atoms with Gasteiger partial charge in [0.2, 0.25) is 0 Å². The molecule has 0 aliphatic carbocycles. The van der Waals surface area contributed by atoms with Crippen molar-refractivity contribution < 1.29 is 26.5 Å². The minimum absolute atomic E-state index is 0.250. The summed E-state index contributed by atoms with van der Waals surface area (Å²) in [6.07, 6.45) is -3.84. The van der Waals surface area contributed by atoms with E-state index in [0.29, 0.717) is 0 Å². The SMILES string of the molecule is COc1ccc(F)cc1C(C)(C)C=C(NS(=O)C(C)(C)C)C(F)(F)F. The number of hydrogen-bond acceptors (Lipinski definition) is 2. The molecule has 1 N–H and O–H groups in total. The molecule has 8 heteroatoms. The summed E-state index contributed by atoms with van der Waals surface area (Å²) in [7, 11) is -0.605. The Hall–Kier alpha value is -1.57. The lowest BCUT2D eigenvalue weighted by Gasteiger charge is -2.27. The fourth-order valence-corrected chi connectivity index (χ4v) is 2.73. The van der Waals surface area contributed by atoms with Crippen LogP contribution in [0.15, 0.2) is 30.0 Å². The monoisotopic (exact) mass is 381 g/mol. The standard InChI is InChI=1S/C17H23F4NO2S/c1-15(2,3)25(23)22-14(17(19,20)21)10-16(4,5)12-9-11(18)7-8-13(12)24-6/h7-10,22H,1-6H3. The Bertz CT molecular complexity index is 676. The maximum absolute atomic E-state index is 13.6. The van der Waals surface area contributed by atoms with E-state index in [-0.39, 0.29) is 11.3 Å². The van der Waals surface area contributed by atoms with E-state index in [1.807, 2.05) is 4.72 Å². The van der Waals surface area contributed by atoms with Gasteiger partial charge in [0.25, 0.3) is 0 Å². The lowest BCUT2D eigenvalue weighted by molar-refractivity contribution is -0.0949. The molecule has 0 radical (unpaired) electrons. The molecule has 0 aliphatic rings. The molecular formula is C17H23F4NO2S. The molecule has 1 rings (SSSR count). The molecule has 0 fully saturated rings. The van der Waals surface area contributed by atoms with E-state index in [9.17, 15) is 21.8 Å². The maximum atomic E-state index is 13.6. The summed E-state index contributed by atoms with van der Waals surface area (Å²) in [4.78, 5) is 0. The van der Waals surface area contributed by atoms with E-state index in [2.05, 4.69) is 0 Å². The van der Waals surface area contributed by atoms with Crippen molar-refractivity contribution in [1.29, 1.82) is 0 Å². The molecule has 25 heavy (non-hydrogen) atoms. The van der Waals surface area contributed by atoms with Gasteiger partial charge in [0.05, 0.1) is 11.9 Å². The third-order valence-corrected chi connectivity index (χ3v) is 4.94. The molecule has 0 aliphatic heterocycles. The summed E-state index contributed by atoms with van der Waals surface area (Å²) in [5.41, 5.74) is -2.12. The summed E-state index contributed by atoms with van der Waals surface area (Å²) in [5, 5.41) is 0. The number of allylic oxidation sites excluding steroid dienone is 2. The van der Waals surface area contributed by atoms with Crippen LogP contribution in [0.5, 0.6) is 5.75 Å². The number of benzene rings is 1. The normalized spacial score (nSPS) is 15.0. The summed E-state index contributed by atoms with van der Waals surface area (Å²) in [5.74, 6) is -0.321. The molecule has 3 nitrogen and oxygen atoms in total. The summed E-state index contributed by atoms with van der Waals surface area (Å²) < 4.78 is 72.2. The number of alkyl halides is 3. The Morgan fingerprint density at radius 2 is 1.72 bits per heavy atom. The molecule has 0 saturated carbocycles. The van der Waals surface area contributed by atoms with Gasteiger partial charge in [-0.25, -0.2) is 8.60 Å². The smallest absolute Gasteiger partial charge is 0.431 e. The number of halogens is 4. The zero-order valence-electron chi connectivity index (χ0n) is 15.0. The fraction of sp³-hybridized carbons (Fsp3) is 0.529. The van der Waals surface area contributed by atoms with Crippen molar-refractivity contribution in [3.8, 4) is 5.75 Å². The first-order valence-corrected chi connectivity index (χ1v) is 8.66. The van der Waals surface area contributed by atoms with Crippen molar-refractivity contribution in [1.82, 2.24) is 4.72 Å². The van der Waals surface area contributed by atoms with Crippen LogP contribution in [0, 0.1) is 5.82 Å². The Morgan fingerprint density at radius 1 is 1.16 bits per heavy atom. The van der Waals surface area contributed by atoms with Crippen LogP contribution in [0.3, 0.4) is 0 Å². The summed E-state index contributed by atoms with van der Waals surface area (Å²) >= 11 is 0. The van der Waals surface area contributed by atoms with Crippen molar-refractivity contribution in [3.05, 3.63) is 41.4 Å². The highest BCUT2D eigenvalue weighted by Crippen LogP contribution is 2.36. The number of rotatable bonds is 5. The number of methoxy groups -OCH3 is 1. The quantitative estimate of drug-likeness (QED) is 0.757. The van der Waals surface area contributed by atoms with Gasteiger partial charge in [0.15, 0.2) is 0 Å². The molecule has 1 atom stereocenters. The highest BCUT2D eigenvalue weighted by Gasteiger charge is 2.39. The van der Waals surface area contributed by atoms with Crippen molar-refractivity contribution in [2.24, 2.45) is 0 Å². The minimum Gasteiger partial charge on any atom is -0.496 e. The number of hydrogen-bond donors (Lipinski definition) is 1. The summed E-state index contributed by atoms with van der Waals surface area (Å²) in [6, 6.07) is 3.65. The van der Waals surface area contributed by atoms with Crippen LogP contribution >= 0.6 is 0 Å². The molecule has 1 aromatic carbocycles. The second kappa shape index (κ2) is 7.35. The van der Waals surface area contributed by atoms with Crippen molar-refractivity contribution in [2.45, 2.75) is 51.0 Å². The average molecular weight is 381 g/mol. The third kappa shape index (κ3) is 5.73. The van der Waals surface area contributed by atoms with Crippen molar-refractivity contribution in [3.63, 3.8) is 0 Å². The topological polar surface area (TPSA) is 38.3 Å². The van der Waals surface area contributed by atoms with Gasteiger partial charge in [-0.1, -0.05) is 13.8 Å². The van der Waals surface area contributed by atoms with Gasteiger partial charge >= 0.3 is 6.18 Å². The lowest BCUT2D eigenvalue weighted by atomic mass is 9.83. The Morgan fingerprint density at radius 3 is 2.16 bits per heavy atom. The minimum atomic E-state index is -4.74. The van der Waals surface area contributed by atoms with Gasteiger partial charge < -0.3 is 9.46 Å². The molecule has 1 unspecified atom stereocenters. The van der Waals surface area contributed by atoms with E-state index in [1.165, 1.54) is 33.1 Å². The first kappa shape index (κ1) is 21.5. The zero-order valence-corrected chi connectivity index (χ0v) is 15.9. The Balaban J connectivity index is 3.41. The van der Waals surface area contributed by atoms with Crippen LogP contribution in [-0.4, -0.2) is 22.2 Å². The van der Waals surface area contributed by atoms with Crippen LogP contribution in [0.25, 0.3) is 0 Å².